The van der Waals surface area contributed by atoms with Crippen molar-refractivity contribution < 1.29 is 26.4 Å². The van der Waals surface area contributed by atoms with Crippen molar-refractivity contribution in [3.63, 3.8) is 0 Å². The smallest absolute Gasteiger partial charge is 0.251 e. The van der Waals surface area contributed by atoms with Crippen molar-refractivity contribution in [3.8, 4) is 22.9 Å². The van der Waals surface area contributed by atoms with Crippen LogP contribution in [-0.4, -0.2) is 36.3 Å². The molecular weight excluding hydrogens is 514 g/mol. The van der Waals surface area contributed by atoms with Crippen molar-refractivity contribution in [1.82, 2.24) is 10.2 Å². The molecule has 184 valence electrons. The van der Waals surface area contributed by atoms with Crippen molar-refractivity contribution >= 4 is 33.0 Å². The predicted molar refractivity (Wildman–Crippen MR) is 128 cm³/mol. The van der Waals surface area contributed by atoms with Crippen LogP contribution in [0.5, 0.6) is 0 Å². The second kappa shape index (κ2) is 9.08. The summed E-state index contributed by atoms with van der Waals surface area (Å²) in [6.45, 7) is -0.0397. The first kappa shape index (κ1) is 24.0. The Kier molecular flexibility index (Phi) is 6.07. The summed E-state index contributed by atoms with van der Waals surface area (Å²) in [5, 5.41) is 8.23. The van der Waals surface area contributed by atoms with E-state index in [0.717, 1.165) is 6.07 Å². The lowest BCUT2D eigenvalue weighted by atomic mass is 10.1. The number of hydrogen-bond acceptors (Lipinski definition) is 7. The number of benzene rings is 3. The molecular formula is C24H17ClF2N4O4S. The molecule has 5 rings (SSSR count). The maximum Gasteiger partial charge on any atom is 0.251 e. The largest absolute Gasteiger partial charge is 0.416 e. The Bertz CT molecular complexity index is 1570. The lowest BCUT2D eigenvalue weighted by molar-refractivity contribution is -0.119. The van der Waals surface area contributed by atoms with Gasteiger partial charge in [0.2, 0.25) is 11.8 Å². The molecule has 36 heavy (non-hydrogen) atoms. The van der Waals surface area contributed by atoms with E-state index in [9.17, 15) is 17.6 Å². The fourth-order valence-corrected chi connectivity index (χ4v) is 5.55. The van der Waals surface area contributed by atoms with Crippen molar-refractivity contribution in [2.45, 2.75) is 17.5 Å². The standard InChI is InChI=1S/C24H17ClF2N4O4S/c25-15-5-1-13(2-6-15)11-31-20-9-17(18(27)10-21(20)36(33,34)12-19(28)24(31)32)23-30-29-22(35-23)14-3-7-16(26)8-4-14/h1-10,19H,11-12,28H2/t19-/m0/s1. The van der Waals surface area contributed by atoms with Gasteiger partial charge in [0.05, 0.1) is 34.5 Å². The molecule has 0 saturated heterocycles. The number of fused-ring (bicyclic) bond motifs is 1. The molecule has 2 N–H and O–H groups in total. The molecule has 0 unspecified atom stereocenters. The minimum Gasteiger partial charge on any atom is -0.416 e. The predicted octanol–water partition coefficient (Wildman–Crippen LogP) is 3.98. The summed E-state index contributed by atoms with van der Waals surface area (Å²) in [6, 6.07) is 12.5. The van der Waals surface area contributed by atoms with Gasteiger partial charge in [-0.15, -0.1) is 10.2 Å². The van der Waals surface area contributed by atoms with E-state index < -0.39 is 39.2 Å². The SMILES string of the molecule is N[C@H]1CS(=O)(=O)c2cc(F)c(-c3nnc(-c4ccc(F)cc4)o3)cc2N(Cc2ccc(Cl)cc2)C1=O. The van der Waals surface area contributed by atoms with Gasteiger partial charge in [0.15, 0.2) is 9.84 Å². The molecule has 4 aromatic rings. The zero-order valence-corrected chi connectivity index (χ0v) is 19.9. The summed E-state index contributed by atoms with van der Waals surface area (Å²) in [5.41, 5.74) is 6.68. The van der Waals surface area contributed by atoms with E-state index in [2.05, 4.69) is 10.2 Å². The lowest BCUT2D eigenvalue weighted by Crippen LogP contribution is -2.45. The van der Waals surface area contributed by atoms with Gasteiger partial charge in [-0.25, -0.2) is 17.2 Å². The molecule has 1 amide bonds. The molecule has 3 aromatic carbocycles. The Labute approximate surface area is 209 Å². The van der Waals surface area contributed by atoms with Crippen LogP contribution >= 0.6 is 11.6 Å². The number of sulfone groups is 1. The third-order valence-corrected chi connectivity index (χ3v) is 7.70. The van der Waals surface area contributed by atoms with Gasteiger partial charge in [0, 0.05) is 10.6 Å². The van der Waals surface area contributed by atoms with Crippen LogP contribution in [0.1, 0.15) is 5.56 Å². The van der Waals surface area contributed by atoms with Gasteiger partial charge in [-0.3, -0.25) is 4.79 Å². The van der Waals surface area contributed by atoms with Crippen LogP contribution in [0.3, 0.4) is 0 Å². The Hall–Kier alpha value is -3.67. The van der Waals surface area contributed by atoms with E-state index >= 15 is 4.39 Å². The molecule has 0 radical (unpaired) electrons. The Morgan fingerprint density at radius 1 is 1.03 bits per heavy atom. The van der Waals surface area contributed by atoms with E-state index in [1.165, 1.54) is 35.2 Å². The molecule has 0 fully saturated rings. The second-order valence-corrected chi connectivity index (χ2v) is 10.6. The minimum atomic E-state index is -4.11. The molecule has 0 bridgehead atoms. The van der Waals surface area contributed by atoms with Crippen LogP contribution in [0.25, 0.3) is 22.9 Å². The van der Waals surface area contributed by atoms with Gasteiger partial charge >= 0.3 is 0 Å². The van der Waals surface area contributed by atoms with Gasteiger partial charge < -0.3 is 15.1 Å². The molecule has 0 spiro atoms. The number of nitrogens with zero attached hydrogens (tertiary/aromatic N) is 3. The van der Waals surface area contributed by atoms with Gasteiger partial charge in [-0.1, -0.05) is 23.7 Å². The summed E-state index contributed by atoms with van der Waals surface area (Å²) in [4.78, 5) is 14.0. The lowest BCUT2D eigenvalue weighted by Gasteiger charge is -2.24. The number of carbonyl (C=O) groups is 1. The van der Waals surface area contributed by atoms with Crippen LogP contribution in [-0.2, 0) is 21.2 Å². The van der Waals surface area contributed by atoms with Crippen molar-refractivity contribution in [2.75, 3.05) is 10.7 Å². The maximum absolute atomic E-state index is 15.2. The number of amides is 1. The number of hydrogen-bond donors (Lipinski definition) is 1. The first-order chi connectivity index (χ1) is 17.1. The highest BCUT2D eigenvalue weighted by Crippen LogP contribution is 2.37. The number of nitrogens with two attached hydrogens (primary N) is 1. The maximum atomic E-state index is 15.2. The fraction of sp³-hybridized carbons (Fsp3) is 0.125. The summed E-state index contributed by atoms with van der Waals surface area (Å²) < 4.78 is 60.0. The second-order valence-electron chi connectivity index (χ2n) is 8.16. The zero-order valence-electron chi connectivity index (χ0n) is 18.4. The molecule has 2 heterocycles. The Morgan fingerprint density at radius 2 is 1.69 bits per heavy atom. The normalized spacial score (nSPS) is 17.1. The van der Waals surface area contributed by atoms with Crippen LogP contribution < -0.4 is 10.6 Å². The first-order valence-electron chi connectivity index (χ1n) is 10.6. The highest BCUT2D eigenvalue weighted by atomic mass is 35.5. The summed E-state index contributed by atoms with van der Waals surface area (Å²) >= 11 is 5.95. The third kappa shape index (κ3) is 4.48. The molecule has 8 nitrogen and oxygen atoms in total. The van der Waals surface area contributed by atoms with Crippen LogP contribution in [0.15, 0.2) is 70.0 Å². The van der Waals surface area contributed by atoms with Crippen molar-refractivity contribution in [2.24, 2.45) is 5.73 Å². The summed E-state index contributed by atoms with van der Waals surface area (Å²) in [5.74, 6) is -2.98. The van der Waals surface area contributed by atoms with Crippen LogP contribution in [0, 0.1) is 11.6 Å². The highest BCUT2D eigenvalue weighted by molar-refractivity contribution is 7.91. The molecule has 0 aliphatic carbocycles. The minimum absolute atomic E-state index is 0.00286. The van der Waals surface area contributed by atoms with Crippen LogP contribution in [0.4, 0.5) is 14.5 Å². The van der Waals surface area contributed by atoms with Crippen molar-refractivity contribution in [3.05, 3.63) is 82.9 Å². The molecule has 1 aliphatic rings. The van der Waals surface area contributed by atoms with Gasteiger partial charge in [0.25, 0.3) is 5.89 Å². The van der Waals surface area contributed by atoms with E-state index in [1.807, 2.05) is 0 Å². The number of carbonyl (C=O) groups excluding carboxylic acids is 1. The third-order valence-electron chi connectivity index (χ3n) is 5.66. The zero-order chi connectivity index (χ0) is 25.6. The quantitative estimate of drug-likeness (QED) is 0.424. The van der Waals surface area contributed by atoms with E-state index in [4.69, 9.17) is 21.8 Å². The molecule has 12 heteroatoms. The highest BCUT2D eigenvalue weighted by Gasteiger charge is 2.37. The summed E-state index contributed by atoms with van der Waals surface area (Å²) in [6.07, 6.45) is 0. The monoisotopic (exact) mass is 530 g/mol. The topological polar surface area (TPSA) is 119 Å². The van der Waals surface area contributed by atoms with Gasteiger partial charge in [-0.05, 0) is 54.1 Å². The average Bonchev–Trinajstić information content (AvgIpc) is 3.31. The van der Waals surface area contributed by atoms with E-state index in [-0.39, 0.29) is 34.5 Å². The van der Waals surface area contributed by atoms with E-state index in [0.29, 0.717) is 16.1 Å². The molecule has 1 aromatic heterocycles. The van der Waals surface area contributed by atoms with Crippen LogP contribution in [0.2, 0.25) is 5.02 Å². The number of anilines is 1. The molecule has 0 saturated carbocycles. The first-order valence-corrected chi connectivity index (χ1v) is 12.6. The fourth-order valence-electron chi connectivity index (χ4n) is 3.86. The number of halogens is 3. The Morgan fingerprint density at radius 3 is 2.39 bits per heavy atom. The van der Waals surface area contributed by atoms with Gasteiger partial charge in [-0.2, -0.15) is 0 Å². The van der Waals surface area contributed by atoms with Crippen molar-refractivity contribution in [1.29, 1.82) is 0 Å². The number of rotatable bonds is 4. The molecule has 1 atom stereocenters. The van der Waals surface area contributed by atoms with Gasteiger partial charge in [0.1, 0.15) is 11.6 Å². The van der Waals surface area contributed by atoms with E-state index in [1.54, 1.807) is 24.3 Å². The number of aromatic nitrogens is 2. The summed E-state index contributed by atoms with van der Waals surface area (Å²) in [7, 11) is -4.11. The molecule has 1 aliphatic heterocycles. The Balaban J connectivity index is 1.63. The average molecular weight is 531 g/mol.